The zero-order valence-corrected chi connectivity index (χ0v) is 16.1. The Balaban J connectivity index is 1.69. The van der Waals surface area contributed by atoms with E-state index in [2.05, 4.69) is 33.7 Å². The summed E-state index contributed by atoms with van der Waals surface area (Å²) in [4.78, 5) is 21.2. The van der Waals surface area contributed by atoms with E-state index in [0.717, 1.165) is 24.2 Å². The topological polar surface area (TPSA) is 57.7 Å². The Kier molecular flexibility index (Phi) is 6.60. The van der Waals surface area contributed by atoms with Gasteiger partial charge in [-0.25, -0.2) is 4.79 Å². The van der Waals surface area contributed by atoms with Gasteiger partial charge < -0.3 is 19.9 Å². The largest absolute Gasteiger partial charge is 0.375 e. The molecule has 0 radical (unpaired) electrons. The number of nitrogens with one attached hydrogen (secondary N) is 1. The molecule has 6 nitrogen and oxygen atoms in total. The Hall–Kier alpha value is -1.96. The maximum Gasteiger partial charge on any atom is 0.318 e. The molecule has 0 unspecified atom stereocenters. The van der Waals surface area contributed by atoms with Gasteiger partial charge in [-0.2, -0.15) is 11.3 Å². The van der Waals surface area contributed by atoms with Gasteiger partial charge in [0.05, 0.1) is 12.1 Å². The van der Waals surface area contributed by atoms with Crippen LogP contribution in [-0.4, -0.2) is 59.7 Å². The molecular weight excluding hydrogens is 348 g/mol. The number of amides is 2. The molecule has 0 aliphatic carbocycles. The van der Waals surface area contributed by atoms with Gasteiger partial charge in [-0.3, -0.25) is 4.98 Å². The fraction of sp³-hybridized carbons (Fsp3) is 0.474. The number of ether oxygens (including phenoxy) is 1. The molecule has 0 saturated carbocycles. The number of aromatic nitrogens is 1. The summed E-state index contributed by atoms with van der Waals surface area (Å²) >= 11 is 1.64. The lowest BCUT2D eigenvalue weighted by Crippen LogP contribution is -2.49. The first-order chi connectivity index (χ1) is 12.7. The third-order valence-corrected chi connectivity index (χ3v) is 5.21. The molecule has 3 rings (SSSR count). The highest BCUT2D eigenvalue weighted by Crippen LogP contribution is 2.15. The van der Waals surface area contributed by atoms with Crippen LogP contribution in [0, 0.1) is 0 Å². The zero-order valence-electron chi connectivity index (χ0n) is 15.3. The average molecular weight is 375 g/mol. The van der Waals surface area contributed by atoms with Crippen LogP contribution in [0.15, 0.2) is 41.4 Å². The molecule has 2 amide bonds. The van der Waals surface area contributed by atoms with Crippen molar-refractivity contribution in [3.63, 3.8) is 0 Å². The number of rotatable bonds is 7. The van der Waals surface area contributed by atoms with Crippen molar-refractivity contribution >= 4 is 17.4 Å². The van der Waals surface area contributed by atoms with Crippen molar-refractivity contribution < 1.29 is 9.53 Å². The molecule has 3 heterocycles. The van der Waals surface area contributed by atoms with E-state index in [-0.39, 0.29) is 18.2 Å². The van der Waals surface area contributed by atoms with Gasteiger partial charge in [-0.15, -0.1) is 0 Å². The summed E-state index contributed by atoms with van der Waals surface area (Å²) < 4.78 is 5.81. The molecule has 1 N–H and O–H groups in total. The van der Waals surface area contributed by atoms with E-state index in [1.165, 1.54) is 0 Å². The second-order valence-electron chi connectivity index (χ2n) is 6.62. The first-order valence-electron chi connectivity index (χ1n) is 8.91. The SMILES string of the molecule is CCO[C@H]1CN(C)C[C@@H]1NC(=O)N(Cc1cccnc1)Cc1ccsc1. The molecule has 2 aromatic rings. The molecule has 1 aliphatic rings. The van der Waals surface area contributed by atoms with Gasteiger partial charge in [0.1, 0.15) is 0 Å². The molecule has 0 spiro atoms. The van der Waals surface area contributed by atoms with Crippen molar-refractivity contribution in [2.45, 2.75) is 32.2 Å². The van der Waals surface area contributed by atoms with E-state index < -0.39 is 0 Å². The Bertz CT molecular complexity index is 680. The summed E-state index contributed by atoms with van der Waals surface area (Å²) in [5.41, 5.74) is 2.15. The maximum absolute atomic E-state index is 13.0. The number of thiophene rings is 1. The van der Waals surface area contributed by atoms with E-state index in [9.17, 15) is 4.79 Å². The third kappa shape index (κ3) is 5.03. The quantitative estimate of drug-likeness (QED) is 0.809. The summed E-state index contributed by atoms with van der Waals surface area (Å²) in [5, 5.41) is 7.29. The summed E-state index contributed by atoms with van der Waals surface area (Å²) in [7, 11) is 2.05. The van der Waals surface area contributed by atoms with Gasteiger partial charge in [0.2, 0.25) is 0 Å². The minimum absolute atomic E-state index is 0.00585. The number of pyridine rings is 1. The van der Waals surface area contributed by atoms with Gasteiger partial charge >= 0.3 is 6.03 Å². The van der Waals surface area contributed by atoms with Crippen molar-refractivity contribution in [3.8, 4) is 0 Å². The summed E-state index contributed by atoms with van der Waals surface area (Å²) in [6.07, 6.45) is 3.59. The van der Waals surface area contributed by atoms with Crippen LogP contribution >= 0.6 is 11.3 Å². The van der Waals surface area contributed by atoms with Crippen LogP contribution < -0.4 is 5.32 Å². The molecule has 1 saturated heterocycles. The van der Waals surface area contributed by atoms with Crippen LogP contribution in [0.3, 0.4) is 0 Å². The van der Waals surface area contributed by atoms with E-state index in [1.807, 2.05) is 29.3 Å². The third-order valence-electron chi connectivity index (χ3n) is 4.48. The summed E-state index contributed by atoms with van der Waals surface area (Å²) in [6.45, 7) is 5.38. The summed E-state index contributed by atoms with van der Waals surface area (Å²) in [6, 6.07) is 5.89. The molecule has 0 aromatic carbocycles. The lowest BCUT2D eigenvalue weighted by Gasteiger charge is -2.27. The lowest BCUT2D eigenvalue weighted by atomic mass is 10.2. The lowest BCUT2D eigenvalue weighted by molar-refractivity contribution is 0.0547. The van der Waals surface area contributed by atoms with Crippen LogP contribution in [0.5, 0.6) is 0 Å². The molecule has 1 fully saturated rings. The van der Waals surface area contributed by atoms with Crippen molar-refractivity contribution in [1.82, 2.24) is 20.1 Å². The molecule has 2 atom stereocenters. The number of nitrogens with zero attached hydrogens (tertiary/aromatic N) is 3. The average Bonchev–Trinajstić information content (AvgIpc) is 3.25. The molecule has 26 heavy (non-hydrogen) atoms. The van der Waals surface area contributed by atoms with Gasteiger partial charge in [-0.1, -0.05) is 6.07 Å². The molecule has 7 heteroatoms. The smallest absolute Gasteiger partial charge is 0.318 e. The van der Waals surface area contributed by atoms with E-state index in [1.54, 1.807) is 23.7 Å². The van der Waals surface area contributed by atoms with Gasteiger partial charge in [0.15, 0.2) is 0 Å². The number of carbonyl (C=O) groups excluding carboxylic acids is 1. The first-order valence-corrected chi connectivity index (χ1v) is 9.85. The zero-order chi connectivity index (χ0) is 18.4. The Morgan fingerprint density at radius 3 is 2.92 bits per heavy atom. The number of hydrogen-bond acceptors (Lipinski definition) is 5. The van der Waals surface area contributed by atoms with Crippen LogP contribution in [0.1, 0.15) is 18.1 Å². The van der Waals surface area contributed by atoms with E-state index >= 15 is 0 Å². The van der Waals surface area contributed by atoms with Gasteiger partial charge in [0.25, 0.3) is 0 Å². The number of hydrogen-bond donors (Lipinski definition) is 1. The Morgan fingerprint density at radius 2 is 2.23 bits per heavy atom. The van der Waals surface area contributed by atoms with Crippen LogP contribution in [0.2, 0.25) is 0 Å². The number of likely N-dealkylation sites (N-methyl/N-ethyl adjacent to an activating group) is 1. The normalized spacial score (nSPS) is 20.2. The number of urea groups is 1. The second-order valence-corrected chi connectivity index (χ2v) is 7.40. The molecule has 1 aliphatic heterocycles. The Labute approximate surface area is 158 Å². The highest BCUT2D eigenvalue weighted by atomic mass is 32.1. The fourth-order valence-corrected chi connectivity index (χ4v) is 3.91. The van der Waals surface area contributed by atoms with Gasteiger partial charge in [0, 0.05) is 45.2 Å². The predicted molar refractivity (Wildman–Crippen MR) is 103 cm³/mol. The van der Waals surface area contributed by atoms with Gasteiger partial charge in [-0.05, 0) is 48.0 Å². The van der Waals surface area contributed by atoms with E-state index in [4.69, 9.17) is 4.74 Å². The molecule has 140 valence electrons. The number of carbonyl (C=O) groups is 1. The maximum atomic E-state index is 13.0. The predicted octanol–water partition coefficient (Wildman–Crippen LogP) is 2.57. The van der Waals surface area contributed by atoms with Crippen molar-refractivity contribution in [1.29, 1.82) is 0 Å². The van der Waals surface area contributed by atoms with Crippen molar-refractivity contribution in [2.24, 2.45) is 0 Å². The highest BCUT2D eigenvalue weighted by molar-refractivity contribution is 7.07. The van der Waals surface area contributed by atoms with Crippen molar-refractivity contribution in [3.05, 3.63) is 52.5 Å². The monoisotopic (exact) mass is 374 g/mol. The second kappa shape index (κ2) is 9.12. The summed E-state index contributed by atoms with van der Waals surface area (Å²) in [5.74, 6) is 0. The van der Waals surface area contributed by atoms with E-state index in [0.29, 0.717) is 19.7 Å². The molecule has 0 bridgehead atoms. The minimum Gasteiger partial charge on any atom is -0.375 e. The van der Waals surface area contributed by atoms with Crippen LogP contribution in [-0.2, 0) is 17.8 Å². The molecule has 2 aromatic heterocycles. The highest BCUT2D eigenvalue weighted by Gasteiger charge is 2.33. The fourth-order valence-electron chi connectivity index (χ4n) is 3.25. The standard InChI is InChI=1S/C19H26N4O2S/c1-3-25-18-13-22(2)12-17(18)21-19(24)23(11-16-6-8-26-14-16)10-15-5-4-7-20-9-15/h4-9,14,17-18H,3,10-13H2,1-2H3,(H,21,24)/t17-,18-/m0/s1. The molecular formula is C19H26N4O2S. The van der Waals surface area contributed by atoms with Crippen LogP contribution in [0.4, 0.5) is 4.79 Å². The first kappa shape index (κ1) is 18.8. The van der Waals surface area contributed by atoms with Crippen molar-refractivity contribution in [2.75, 3.05) is 26.7 Å². The Morgan fingerprint density at radius 1 is 1.38 bits per heavy atom. The minimum atomic E-state index is -0.0648. The number of likely N-dealkylation sites (tertiary alicyclic amines) is 1. The van der Waals surface area contributed by atoms with Crippen LogP contribution in [0.25, 0.3) is 0 Å².